The third-order valence-corrected chi connectivity index (χ3v) is 5.25. The van der Waals surface area contributed by atoms with Crippen LogP contribution in [0.4, 0.5) is 22.4 Å². The van der Waals surface area contributed by atoms with E-state index in [2.05, 4.69) is 0 Å². The van der Waals surface area contributed by atoms with Gasteiger partial charge in [-0.25, -0.2) is 9.18 Å². The summed E-state index contributed by atoms with van der Waals surface area (Å²) in [4.78, 5) is 14.2. The number of hydrogen-bond donors (Lipinski definition) is 0. The molecule has 1 saturated heterocycles. The molecule has 0 N–H and O–H groups in total. The van der Waals surface area contributed by atoms with Crippen LogP contribution in [-0.2, 0) is 22.3 Å². The summed E-state index contributed by atoms with van der Waals surface area (Å²) < 4.78 is 64.4. The van der Waals surface area contributed by atoms with Crippen molar-refractivity contribution in [1.82, 2.24) is 4.90 Å². The van der Waals surface area contributed by atoms with Crippen molar-refractivity contribution in [2.24, 2.45) is 0 Å². The highest BCUT2D eigenvalue weighted by molar-refractivity contribution is 5.75. The van der Waals surface area contributed by atoms with Gasteiger partial charge in [0.2, 0.25) is 0 Å². The predicted octanol–water partition coefficient (Wildman–Crippen LogP) is 5.04. The third-order valence-electron chi connectivity index (χ3n) is 5.25. The number of carbonyl (C=O) groups excluding carboxylic acids is 1. The first-order chi connectivity index (χ1) is 14.3. The molecule has 2 unspecified atom stereocenters. The van der Waals surface area contributed by atoms with Gasteiger partial charge in [0.25, 0.3) is 0 Å². The molecule has 0 aromatic heterocycles. The number of alkyl halides is 3. The first-order valence-corrected chi connectivity index (χ1v) is 9.47. The van der Waals surface area contributed by atoms with Crippen LogP contribution in [0.2, 0.25) is 0 Å². The standard InChI is InChI=1S/C22H19F4NO3/c23-20-7-6-16(22(24,25)26)10-19(20)15-8-17-12-29-13-18(9-15)27(17)21(28)30-11-14-4-2-1-3-5-14/h1-8,10,17-18H,9,11-13H2. The lowest BCUT2D eigenvalue weighted by Gasteiger charge is -2.43. The van der Waals surface area contributed by atoms with Crippen molar-refractivity contribution in [2.75, 3.05) is 13.2 Å². The Bertz CT molecular complexity index is 959. The van der Waals surface area contributed by atoms with Crippen LogP contribution in [0.5, 0.6) is 0 Å². The van der Waals surface area contributed by atoms with E-state index in [0.717, 1.165) is 23.8 Å². The van der Waals surface area contributed by atoms with Gasteiger partial charge in [-0.3, -0.25) is 4.90 Å². The van der Waals surface area contributed by atoms with E-state index < -0.39 is 35.7 Å². The molecule has 8 heteroatoms. The van der Waals surface area contributed by atoms with E-state index in [9.17, 15) is 22.4 Å². The SMILES string of the molecule is O=C(OCc1ccccc1)N1C2C=C(c3cc(C(F)(F)F)ccc3F)CC1COC2. The molecule has 1 fully saturated rings. The average molecular weight is 421 g/mol. The van der Waals surface area contributed by atoms with E-state index in [1.54, 1.807) is 6.08 Å². The fourth-order valence-electron chi connectivity index (χ4n) is 3.82. The second kappa shape index (κ2) is 8.10. The Morgan fingerprint density at radius 1 is 1.13 bits per heavy atom. The summed E-state index contributed by atoms with van der Waals surface area (Å²) in [6, 6.07) is 10.6. The average Bonchev–Trinajstić information content (AvgIpc) is 2.71. The van der Waals surface area contributed by atoms with Crippen LogP contribution in [-0.4, -0.2) is 36.3 Å². The number of carbonyl (C=O) groups is 1. The summed E-state index contributed by atoms with van der Waals surface area (Å²) in [6.07, 6.45) is -3.33. The predicted molar refractivity (Wildman–Crippen MR) is 101 cm³/mol. The monoisotopic (exact) mass is 421 g/mol. The molecular formula is C22H19F4NO3. The maximum absolute atomic E-state index is 14.3. The van der Waals surface area contributed by atoms with Gasteiger partial charge in [-0.15, -0.1) is 0 Å². The fraction of sp³-hybridized carbons (Fsp3) is 0.318. The van der Waals surface area contributed by atoms with Gasteiger partial charge in [0.1, 0.15) is 12.4 Å². The first-order valence-electron chi connectivity index (χ1n) is 9.47. The Labute approximate surface area is 170 Å². The van der Waals surface area contributed by atoms with Crippen LogP contribution in [0.1, 0.15) is 23.1 Å². The molecule has 2 atom stereocenters. The van der Waals surface area contributed by atoms with Crippen molar-refractivity contribution in [2.45, 2.75) is 31.3 Å². The lowest BCUT2D eigenvalue weighted by molar-refractivity contribution is -0.137. The van der Waals surface area contributed by atoms with Gasteiger partial charge in [-0.2, -0.15) is 13.2 Å². The van der Waals surface area contributed by atoms with Crippen LogP contribution in [0.3, 0.4) is 0 Å². The van der Waals surface area contributed by atoms with Gasteiger partial charge in [-0.05, 0) is 35.8 Å². The van der Waals surface area contributed by atoms with Crippen LogP contribution < -0.4 is 0 Å². The van der Waals surface area contributed by atoms with E-state index in [1.807, 2.05) is 30.3 Å². The van der Waals surface area contributed by atoms with Crippen molar-refractivity contribution in [3.63, 3.8) is 0 Å². The molecule has 0 radical (unpaired) electrons. The zero-order valence-electron chi connectivity index (χ0n) is 15.9. The molecule has 2 aromatic carbocycles. The van der Waals surface area contributed by atoms with Crippen molar-refractivity contribution in [1.29, 1.82) is 0 Å². The molecule has 4 rings (SSSR count). The number of ether oxygens (including phenoxy) is 2. The Morgan fingerprint density at radius 3 is 2.60 bits per heavy atom. The normalized spacial score (nSPS) is 21.2. The third kappa shape index (κ3) is 4.18. The number of rotatable bonds is 3. The Balaban J connectivity index is 1.56. The maximum Gasteiger partial charge on any atom is 0.416 e. The van der Waals surface area contributed by atoms with Gasteiger partial charge in [0, 0.05) is 5.56 Å². The number of morpholine rings is 1. The van der Waals surface area contributed by atoms with Gasteiger partial charge < -0.3 is 9.47 Å². The zero-order valence-corrected chi connectivity index (χ0v) is 15.9. The number of nitrogens with zero attached hydrogens (tertiary/aromatic N) is 1. The van der Waals surface area contributed by atoms with Crippen molar-refractivity contribution < 1.29 is 31.8 Å². The van der Waals surface area contributed by atoms with Crippen LogP contribution >= 0.6 is 0 Å². The number of hydrogen-bond acceptors (Lipinski definition) is 3. The topological polar surface area (TPSA) is 38.8 Å². The highest BCUT2D eigenvalue weighted by Crippen LogP contribution is 2.37. The molecule has 0 spiro atoms. The Hall–Kier alpha value is -2.87. The van der Waals surface area contributed by atoms with Crippen LogP contribution in [0.15, 0.2) is 54.6 Å². The van der Waals surface area contributed by atoms with Gasteiger partial charge in [0.15, 0.2) is 0 Å². The molecule has 0 saturated carbocycles. The molecule has 2 aliphatic rings. The summed E-state index contributed by atoms with van der Waals surface area (Å²) >= 11 is 0. The molecule has 158 valence electrons. The fourth-order valence-corrected chi connectivity index (χ4v) is 3.82. The van der Waals surface area contributed by atoms with Crippen molar-refractivity contribution in [3.8, 4) is 0 Å². The number of amides is 1. The summed E-state index contributed by atoms with van der Waals surface area (Å²) in [5, 5.41) is 0. The molecule has 4 nitrogen and oxygen atoms in total. The van der Waals surface area contributed by atoms with Crippen LogP contribution in [0, 0.1) is 5.82 Å². The maximum atomic E-state index is 14.3. The summed E-state index contributed by atoms with van der Waals surface area (Å²) in [5.41, 5.74) is 0.264. The number of fused-ring (bicyclic) bond motifs is 2. The second-order valence-electron chi connectivity index (χ2n) is 7.29. The second-order valence-corrected chi connectivity index (χ2v) is 7.29. The Morgan fingerprint density at radius 2 is 1.90 bits per heavy atom. The van der Waals surface area contributed by atoms with E-state index in [4.69, 9.17) is 9.47 Å². The Kier molecular flexibility index (Phi) is 5.51. The molecule has 2 aromatic rings. The summed E-state index contributed by atoms with van der Waals surface area (Å²) in [7, 11) is 0. The molecule has 2 bridgehead atoms. The lowest BCUT2D eigenvalue weighted by atomic mass is 9.89. The molecule has 1 amide bonds. The lowest BCUT2D eigenvalue weighted by Crippen LogP contribution is -2.56. The number of halogens is 4. The highest BCUT2D eigenvalue weighted by Gasteiger charge is 2.40. The minimum absolute atomic E-state index is 0.0981. The first kappa shape index (κ1) is 20.4. The van der Waals surface area contributed by atoms with E-state index in [0.29, 0.717) is 5.57 Å². The summed E-state index contributed by atoms with van der Waals surface area (Å²) in [6.45, 7) is 0.477. The molecule has 2 heterocycles. The van der Waals surface area contributed by atoms with E-state index >= 15 is 0 Å². The van der Waals surface area contributed by atoms with E-state index in [1.165, 1.54) is 4.90 Å². The van der Waals surface area contributed by atoms with Gasteiger partial charge in [-0.1, -0.05) is 36.4 Å². The van der Waals surface area contributed by atoms with Crippen molar-refractivity contribution >= 4 is 11.7 Å². The minimum Gasteiger partial charge on any atom is -0.445 e. The molecular weight excluding hydrogens is 402 g/mol. The highest BCUT2D eigenvalue weighted by atomic mass is 19.4. The van der Waals surface area contributed by atoms with Crippen molar-refractivity contribution in [3.05, 3.63) is 77.1 Å². The van der Waals surface area contributed by atoms with Gasteiger partial charge in [0.05, 0.1) is 30.9 Å². The quantitative estimate of drug-likeness (QED) is 0.652. The smallest absolute Gasteiger partial charge is 0.416 e. The number of benzene rings is 2. The zero-order chi connectivity index (χ0) is 21.3. The molecule has 30 heavy (non-hydrogen) atoms. The van der Waals surface area contributed by atoms with Crippen LogP contribution in [0.25, 0.3) is 5.57 Å². The largest absolute Gasteiger partial charge is 0.445 e. The van der Waals surface area contributed by atoms with Gasteiger partial charge >= 0.3 is 12.3 Å². The summed E-state index contributed by atoms with van der Waals surface area (Å²) in [5.74, 6) is -0.728. The minimum atomic E-state index is -4.57. The molecule has 2 aliphatic heterocycles. The molecule has 0 aliphatic carbocycles. The van der Waals surface area contributed by atoms with E-state index in [-0.39, 0.29) is 31.8 Å².